The van der Waals surface area contributed by atoms with Crippen molar-refractivity contribution in [2.45, 2.75) is 26.1 Å². The Balaban J connectivity index is 2.49. The van der Waals surface area contributed by atoms with Gasteiger partial charge < -0.3 is 0 Å². The summed E-state index contributed by atoms with van der Waals surface area (Å²) in [6.07, 6.45) is 0. The topological polar surface area (TPSA) is 0 Å². The maximum Gasteiger partial charge on any atom is 0.129 e. The van der Waals surface area contributed by atoms with Crippen molar-refractivity contribution < 1.29 is 4.39 Å². The van der Waals surface area contributed by atoms with Crippen LogP contribution in [0.25, 0.3) is 0 Å². The highest BCUT2D eigenvalue weighted by atomic mass is 35.5. The second kappa shape index (κ2) is 5.52. The third-order valence-corrected chi connectivity index (χ3v) is 3.99. The highest BCUT2D eigenvalue weighted by Gasteiger charge is 2.16. The number of hydrogen-bond donors (Lipinski definition) is 0. The van der Waals surface area contributed by atoms with Crippen LogP contribution in [0.4, 0.5) is 4.39 Å². The average Bonchev–Trinajstić information content (AvgIpc) is 2.37. The van der Waals surface area contributed by atoms with Gasteiger partial charge in [-0.25, -0.2) is 4.39 Å². The average molecular weight is 297 g/mol. The third-order valence-electron chi connectivity index (χ3n) is 3.27. The monoisotopic (exact) mass is 296 g/mol. The molecular formula is C16H15Cl2F. The third kappa shape index (κ3) is 2.93. The summed E-state index contributed by atoms with van der Waals surface area (Å²) in [5.74, 6) is -0.171. The molecule has 0 N–H and O–H groups in total. The lowest BCUT2D eigenvalue weighted by molar-refractivity contribution is 0.608. The molecule has 2 rings (SSSR count). The van der Waals surface area contributed by atoms with Crippen LogP contribution in [0.3, 0.4) is 0 Å². The molecule has 0 fully saturated rings. The van der Waals surface area contributed by atoms with E-state index in [1.165, 1.54) is 0 Å². The second-order valence-corrected chi connectivity index (χ2v) is 5.71. The van der Waals surface area contributed by atoms with E-state index in [4.69, 9.17) is 23.2 Å². The molecule has 0 heterocycles. The van der Waals surface area contributed by atoms with E-state index in [0.29, 0.717) is 16.1 Å². The predicted octanol–water partition coefficient (Wildman–Crippen LogP) is 5.73. The van der Waals surface area contributed by atoms with Crippen LogP contribution in [-0.4, -0.2) is 0 Å². The first-order valence-corrected chi connectivity index (χ1v) is 6.88. The normalized spacial score (nSPS) is 12.5. The Bertz CT molecular complexity index is 597. The summed E-state index contributed by atoms with van der Waals surface area (Å²) in [5, 5.41) is 0.332. The summed E-state index contributed by atoms with van der Waals surface area (Å²) in [7, 11) is 0. The quantitative estimate of drug-likeness (QED) is 0.621. The van der Waals surface area contributed by atoms with Gasteiger partial charge in [-0.1, -0.05) is 29.8 Å². The van der Waals surface area contributed by atoms with E-state index >= 15 is 0 Å². The van der Waals surface area contributed by atoms with Gasteiger partial charge in [0.25, 0.3) is 0 Å². The van der Waals surface area contributed by atoms with Gasteiger partial charge in [0, 0.05) is 5.02 Å². The zero-order chi connectivity index (χ0) is 14.2. The van der Waals surface area contributed by atoms with Crippen LogP contribution in [-0.2, 0) is 0 Å². The summed E-state index contributed by atoms with van der Waals surface area (Å²) in [4.78, 5) is 0. The van der Waals surface area contributed by atoms with Crippen molar-refractivity contribution in [3.8, 4) is 0 Å². The van der Waals surface area contributed by atoms with E-state index in [1.807, 2.05) is 25.1 Å². The summed E-state index contributed by atoms with van der Waals surface area (Å²) >= 11 is 12.5. The van der Waals surface area contributed by atoms with Crippen molar-refractivity contribution in [3.05, 3.63) is 69.0 Å². The second-order valence-electron chi connectivity index (χ2n) is 4.83. The molecule has 0 nitrogen and oxygen atoms in total. The molecule has 2 aromatic rings. The van der Waals surface area contributed by atoms with Gasteiger partial charge in [0.1, 0.15) is 5.82 Å². The molecule has 0 radical (unpaired) electrons. The molecule has 0 saturated carbocycles. The van der Waals surface area contributed by atoms with E-state index in [-0.39, 0.29) is 11.2 Å². The molecule has 0 aromatic heterocycles. The van der Waals surface area contributed by atoms with Crippen LogP contribution >= 0.6 is 23.2 Å². The van der Waals surface area contributed by atoms with E-state index < -0.39 is 0 Å². The fourth-order valence-electron chi connectivity index (χ4n) is 2.19. The van der Waals surface area contributed by atoms with Gasteiger partial charge in [-0.05, 0) is 60.7 Å². The number of hydrogen-bond acceptors (Lipinski definition) is 0. The summed E-state index contributed by atoms with van der Waals surface area (Å²) < 4.78 is 13.7. The highest BCUT2D eigenvalue weighted by molar-refractivity contribution is 6.31. The molecular weight excluding hydrogens is 282 g/mol. The minimum atomic E-state index is -0.323. The van der Waals surface area contributed by atoms with Gasteiger partial charge >= 0.3 is 0 Å². The minimum absolute atomic E-state index is 0.171. The van der Waals surface area contributed by atoms with Crippen LogP contribution in [0.15, 0.2) is 30.3 Å². The van der Waals surface area contributed by atoms with Gasteiger partial charge in [0.2, 0.25) is 0 Å². The molecule has 0 aliphatic rings. The lowest BCUT2D eigenvalue weighted by Gasteiger charge is -2.15. The lowest BCUT2D eigenvalue weighted by atomic mass is 9.97. The van der Waals surface area contributed by atoms with Crippen LogP contribution < -0.4 is 0 Å². The largest absolute Gasteiger partial charge is 0.206 e. The van der Waals surface area contributed by atoms with Gasteiger partial charge in [-0.3, -0.25) is 0 Å². The Morgan fingerprint density at radius 1 is 0.947 bits per heavy atom. The molecule has 0 aliphatic heterocycles. The lowest BCUT2D eigenvalue weighted by Crippen LogP contribution is -1.99. The Morgan fingerprint density at radius 3 is 2.11 bits per heavy atom. The standard InChI is InChI=1S/C16H15Cl2F/c1-9-4-5-13(17)8-14(9)15(18)12-6-10(2)16(19)11(3)7-12/h4-8,15H,1-3H3. The number of aryl methyl sites for hydroxylation is 3. The van der Waals surface area contributed by atoms with Crippen molar-refractivity contribution in [2.24, 2.45) is 0 Å². The molecule has 2 aromatic carbocycles. The summed E-state index contributed by atoms with van der Waals surface area (Å²) in [6.45, 7) is 5.49. The molecule has 100 valence electrons. The first-order chi connectivity index (χ1) is 8.90. The van der Waals surface area contributed by atoms with Gasteiger partial charge in [-0.2, -0.15) is 0 Å². The maximum absolute atomic E-state index is 13.7. The Morgan fingerprint density at radius 2 is 1.53 bits per heavy atom. The van der Waals surface area contributed by atoms with E-state index in [1.54, 1.807) is 26.0 Å². The van der Waals surface area contributed by atoms with Crippen molar-refractivity contribution in [2.75, 3.05) is 0 Å². The van der Waals surface area contributed by atoms with Crippen molar-refractivity contribution >= 4 is 23.2 Å². The zero-order valence-electron chi connectivity index (χ0n) is 11.1. The minimum Gasteiger partial charge on any atom is -0.206 e. The SMILES string of the molecule is Cc1ccc(Cl)cc1C(Cl)c1cc(C)c(F)c(C)c1. The summed E-state index contributed by atoms with van der Waals surface area (Å²) in [6, 6.07) is 9.23. The van der Waals surface area contributed by atoms with Crippen molar-refractivity contribution in [1.29, 1.82) is 0 Å². The molecule has 0 bridgehead atoms. The van der Waals surface area contributed by atoms with Crippen LogP contribution in [0.5, 0.6) is 0 Å². The molecule has 0 saturated heterocycles. The summed E-state index contributed by atoms with van der Waals surface area (Å²) in [5.41, 5.74) is 4.15. The zero-order valence-corrected chi connectivity index (χ0v) is 12.6. The molecule has 0 amide bonds. The molecule has 1 unspecified atom stereocenters. The molecule has 19 heavy (non-hydrogen) atoms. The smallest absolute Gasteiger partial charge is 0.129 e. The maximum atomic E-state index is 13.7. The number of benzene rings is 2. The van der Waals surface area contributed by atoms with Gasteiger partial charge in [0.15, 0.2) is 0 Å². The van der Waals surface area contributed by atoms with Gasteiger partial charge in [0.05, 0.1) is 5.38 Å². The molecule has 3 heteroatoms. The highest BCUT2D eigenvalue weighted by Crippen LogP contribution is 2.34. The van der Waals surface area contributed by atoms with E-state index in [2.05, 4.69) is 0 Å². The Kier molecular flexibility index (Phi) is 4.17. The number of halogens is 3. The van der Waals surface area contributed by atoms with Crippen LogP contribution in [0.2, 0.25) is 5.02 Å². The van der Waals surface area contributed by atoms with Crippen LogP contribution in [0, 0.1) is 26.6 Å². The number of rotatable bonds is 2. The molecule has 1 atom stereocenters. The van der Waals surface area contributed by atoms with E-state index in [0.717, 1.165) is 16.7 Å². The van der Waals surface area contributed by atoms with Crippen molar-refractivity contribution in [1.82, 2.24) is 0 Å². The Hall–Kier alpha value is -1.05. The number of alkyl halides is 1. The van der Waals surface area contributed by atoms with Crippen LogP contribution in [0.1, 0.15) is 33.2 Å². The fourth-order valence-corrected chi connectivity index (χ4v) is 2.73. The first kappa shape index (κ1) is 14.4. The van der Waals surface area contributed by atoms with Gasteiger partial charge in [-0.15, -0.1) is 11.6 Å². The van der Waals surface area contributed by atoms with Crippen molar-refractivity contribution in [3.63, 3.8) is 0 Å². The van der Waals surface area contributed by atoms with E-state index in [9.17, 15) is 4.39 Å². The molecule has 0 aliphatic carbocycles. The Labute approximate surface area is 123 Å². The first-order valence-electron chi connectivity index (χ1n) is 6.07. The predicted molar refractivity (Wildman–Crippen MR) is 79.8 cm³/mol. The molecule has 0 spiro atoms. The fraction of sp³-hybridized carbons (Fsp3) is 0.250.